The maximum atomic E-state index is 9.06. The van der Waals surface area contributed by atoms with Crippen molar-refractivity contribution in [2.75, 3.05) is 37.6 Å². The van der Waals surface area contributed by atoms with E-state index in [4.69, 9.17) is 5.26 Å². The van der Waals surface area contributed by atoms with Crippen LogP contribution in [0, 0.1) is 11.3 Å². The number of hydrogen-bond acceptors (Lipinski definition) is 5. The number of nitriles is 1. The minimum absolute atomic E-state index is 0.732. The monoisotopic (exact) mass is 360 g/mol. The molecule has 0 radical (unpaired) electrons. The number of aryl methyl sites for hydroxylation is 1. The number of rotatable bonds is 6. The smallest absolute Gasteiger partial charge is 0.113 e. The van der Waals surface area contributed by atoms with Gasteiger partial charge in [-0.1, -0.05) is 23.4 Å². The third-order valence-corrected chi connectivity index (χ3v) is 5.23. The van der Waals surface area contributed by atoms with Crippen LogP contribution in [-0.4, -0.2) is 52.6 Å². The van der Waals surface area contributed by atoms with Crippen LogP contribution in [0.1, 0.15) is 18.4 Å². The van der Waals surface area contributed by atoms with E-state index in [1.54, 1.807) is 0 Å². The molecule has 1 aliphatic rings. The lowest BCUT2D eigenvalue weighted by Crippen LogP contribution is -2.46. The first-order chi connectivity index (χ1) is 13.3. The third-order valence-electron chi connectivity index (χ3n) is 5.23. The summed E-state index contributed by atoms with van der Waals surface area (Å²) in [6.07, 6.45) is 2.27. The summed E-state index contributed by atoms with van der Waals surface area (Å²) < 4.78 is 2.01. The summed E-state index contributed by atoms with van der Waals surface area (Å²) in [5, 5.41) is 17.5. The lowest BCUT2D eigenvalue weighted by molar-refractivity contribution is 0.251. The van der Waals surface area contributed by atoms with Gasteiger partial charge in [-0.25, -0.2) is 4.68 Å². The van der Waals surface area contributed by atoms with Crippen LogP contribution in [0.15, 0.2) is 48.5 Å². The zero-order chi connectivity index (χ0) is 18.5. The molecule has 3 aromatic rings. The second kappa shape index (κ2) is 8.19. The van der Waals surface area contributed by atoms with Gasteiger partial charge in [-0.05, 0) is 49.7 Å². The standard InChI is InChI=1S/C21H24N6/c22-17-18-6-5-7-19(16-18)26-14-12-25(13-15-26)10-3-4-11-27-21-9-2-1-8-20(21)23-24-27/h1-2,5-9,16H,3-4,10-15H2. The summed E-state index contributed by atoms with van der Waals surface area (Å²) in [5.74, 6) is 0. The van der Waals surface area contributed by atoms with Crippen LogP contribution < -0.4 is 4.90 Å². The van der Waals surface area contributed by atoms with E-state index < -0.39 is 0 Å². The number of nitrogens with zero attached hydrogens (tertiary/aromatic N) is 6. The number of para-hydroxylation sites is 1. The normalized spacial score (nSPS) is 15.1. The molecular weight excluding hydrogens is 336 g/mol. The predicted octanol–water partition coefficient (Wildman–Crippen LogP) is 2.91. The Morgan fingerprint density at radius 2 is 1.74 bits per heavy atom. The molecule has 1 aromatic heterocycles. The number of unbranched alkanes of at least 4 members (excludes halogenated alkanes) is 1. The highest BCUT2D eigenvalue weighted by Gasteiger charge is 2.17. The van der Waals surface area contributed by atoms with Crippen molar-refractivity contribution in [3.63, 3.8) is 0 Å². The second-order valence-electron chi connectivity index (χ2n) is 7.00. The van der Waals surface area contributed by atoms with Crippen molar-refractivity contribution in [3.8, 4) is 6.07 Å². The molecule has 0 unspecified atom stereocenters. The largest absolute Gasteiger partial charge is 0.369 e. The Kier molecular flexibility index (Phi) is 5.31. The molecule has 6 nitrogen and oxygen atoms in total. The Bertz CT molecular complexity index is 933. The van der Waals surface area contributed by atoms with Crippen LogP contribution in [0.4, 0.5) is 5.69 Å². The van der Waals surface area contributed by atoms with Crippen LogP contribution in [0.25, 0.3) is 11.0 Å². The van der Waals surface area contributed by atoms with Crippen LogP contribution in [0.3, 0.4) is 0 Å². The molecule has 27 heavy (non-hydrogen) atoms. The number of anilines is 1. The molecule has 0 aliphatic carbocycles. The van der Waals surface area contributed by atoms with Crippen molar-refractivity contribution in [1.29, 1.82) is 5.26 Å². The molecule has 0 bridgehead atoms. The SMILES string of the molecule is N#Cc1cccc(N2CCN(CCCCn3nnc4ccccc43)CC2)c1. The topological polar surface area (TPSA) is 61.0 Å². The van der Waals surface area contributed by atoms with Crippen LogP contribution in [0.5, 0.6) is 0 Å². The van der Waals surface area contributed by atoms with Crippen LogP contribution in [0.2, 0.25) is 0 Å². The highest BCUT2D eigenvalue weighted by molar-refractivity contribution is 5.73. The van der Waals surface area contributed by atoms with Crippen LogP contribution >= 0.6 is 0 Å². The van der Waals surface area contributed by atoms with Crippen molar-refractivity contribution in [2.24, 2.45) is 0 Å². The van der Waals surface area contributed by atoms with E-state index >= 15 is 0 Å². The van der Waals surface area contributed by atoms with Gasteiger partial charge in [0.25, 0.3) is 0 Å². The van der Waals surface area contributed by atoms with Gasteiger partial charge >= 0.3 is 0 Å². The van der Waals surface area contributed by atoms with Crippen LogP contribution in [-0.2, 0) is 6.54 Å². The Balaban J connectivity index is 1.21. The molecule has 138 valence electrons. The molecule has 0 saturated carbocycles. The molecule has 1 saturated heterocycles. The van der Waals surface area contributed by atoms with E-state index in [0.717, 1.165) is 74.4 Å². The maximum absolute atomic E-state index is 9.06. The van der Waals surface area contributed by atoms with Gasteiger partial charge in [-0.3, -0.25) is 4.90 Å². The molecule has 6 heteroatoms. The number of aromatic nitrogens is 3. The average Bonchev–Trinajstić information content (AvgIpc) is 3.15. The Morgan fingerprint density at radius 3 is 2.59 bits per heavy atom. The first-order valence-electron chi connectivity index (χ1n) is 9.59. The Labute approximate surface area is 159 Å². The van der Waals surface area contributed by atoms with Gasteiger partial charge in [0, 0.05) is 38.4 Å². The zero-order valence-electron chi connectivity index (χ0n) is 15.5. The third kappa shape index (κ3) is 4.09. The summed E-state index contributed by atoms with van der Waals surface area (Å²) in [5.41, 5.74) is 3.97. The first-order valence-corrected chi connectivity index (χ1v) is 9.59. The number of benzene rings is 2. The number of piperazine rings is 1. The molecule has 1 aliphatic heterocycles. The Morgan fingerprint density at radius 1 is 0.926 bits per heavy atom. The molecule has 4 rings (SSSR count). The fourth-order valence-corrected chi connectivity index (χ4v) is 3.68. The lowest BCUT2D eigenvalue weighted by atomic mass is 10.2. The molecule has 0 atom stereocenters. The summed E-state index contributed by atoms with van der Waals surface area (Å²) in [6, 6.07) is 18.2. The van der Waals surface area contributed by atoms with Gasteiger partial charge in [0.1, 0.15) is 5.52 Å². The van der Waals surface area contributed by atoms with Crippen molar-refractivity contribution < 1.29 is 0 Å². The molecule has 2 aromatic carbocycles. The molecule has 2 heterocycles. The van der Waals surface area contributed by atoms with E-state index in [9.17, 15) is 0 Å². The Hall–Kier alpha value is -2.91. The fraction of sp³-hybridized carbons (Fsp3) is 0.381. The number of fused-ring (bicyclic) bond motifs is 1. The van der Waals surface area contributed by atoms with Gasteiger partial charge in [-0.2, -0.15) is 5.26 Å². The van der Waals surface area contributed by atoms with Crippen molar-refractivity contribution >= 4 is 16.7 Å². The zero-order valence-corrected chi connectivity index (χ0v) is 15.5. The molecular formula is C21H24N6. The minimum Gasteiger partial charge on any atom is -0.369 e. The van der Waals surface area contributed by atoms with Gasteiger partial charge in [-0.15, -0.1) is 5.10 Å². The maximum Gasteiger partial charge on any atom is 0.113 e. The summed E-state index contributed by atoms with van der Waals surface area (Å²) in [6.45, 7) is 6.22. The van der Waals surface area contributed by atoms with Gasteiger partial charge in [0.05, 0.1) is 17.1 Å². The lowest BCUT2D eigenvalue weighted by Gasteiger charge is -2.36. The first kappa shape index (κ1) is 17.5. The summed E-state index contributed by atoms with van der Waals surface area (Å²) >= 11 is 0. The average molecular weight is 360 g/mol. The van der Waals surface area contributed by atoms with Gasteiger partial charge in [0.15, 0.2) is 0 Å². The second-order valence-corrected chi connectivity index (χ2v) is 7.00. The number of hydrogen-bond donors (Lipinski definition) is 0. The molecule has 0 amide bonds. The van der Waals surface area contributed by atoms with E-state index in [0.29, 0.717) is 0 Å². The molecule has 0 spiro atoms. The van der Waals surface area contributed by atoms with Crippen molar-refractivity contribution in [2.45, 2.75) is 19.4 Å². The van der Waals surface area contributed by atoms with Crippen molar-refractivity contribution in [1.82, 2.24) is 19.9 Å². The molecule has 0 N–H and O–H groups in total. The highest BCUT2D eigenvalue weighted by atomic mass is 15.4. The van der Waals surface area contributed by atoms with E-state index in [1.165, 1.54) is 0 Å². The summed E-state index contributed by atoms with van der Waals surface area (Å²) in [4.78, 5) is 4.91. The fourth-order valence-electron chi connectivity index (χ4n) is 3.68. The van der Waals surface area contributed by atoms with Crippen molar-refractivity contribution in [3.05, 3.63) is 54.1 Å². The highest BCUT2D eigenvalue weighted by Crippen LogP contribution is 2.18. The molecule has 1 fully saturated rings. The van der Waals surface area contributed by atoms with E-state index in [1.807, 2.05) is 41.1 Å². The van der Waals surface area contributed by atoms with Gasteiger partial charge in [0.2, 0.25) is 0 Å². The van der Waals surface area contributed by atoms with Gasteiger partial charge < -0.3 is 4.90 Å². The summed E-state index contributed by atoms with van der Waals surface area (Å²) in [7, 11) is 0. The van der Waals surface area contributed by atoms with E-state index in [-0.39, 0.29) is 0 Å². The predicted molar refractivity (Wildman–Crippen MR) is 107 cm³/mol. The van der Waals surface area contributed by atoms with E-state index in [2.05, 4.69) is 38.3 Å². The quantitative estimate of drug-likeness (QED) is 0.633. The minimum atomic E-state index is 0.732.